The van der Waals surface area contributed by atoms with Crippen molar-refractivity contribution in [2.45, 2.75) is 57.9 Å². The fraction of sp³-hybridized carbons (Fsp3) is 0.462. The molecule has 2 aromatic carbocycles. The van der Waals surface area contributed by atoms with Gasteiger partial charge in [-0.15, -0.1) is 0 Å². The fourth-order valence-electron chi connectivity index (χ4n) is 3.08. The lowest BCUT2D eigenvalue weighted by molar-refractivity contribution is -0.123. The van der Waals surface area contributed by atoms with E-state index in [-0.39, 0.29) is 6.61 Å². The number of nitrogens with one attached hydrogen (secondary N) is 2. The van der Waals surface area contributed by atoms with Gasteiger partial charge >= 0.3 is 6.09 Å². The molecule has 0 aliphatic rings. The number of benzene rings is 2. The van der Waals surface area contributed by atoms with Gasteiger partial charge < -0.3 is 25.2 Å². The van der Waals surface area contributed by atoms with Gasteiger partial charge in [-0.3, -0.25) is 4.79 Å². The minimum absolute atomic E-state index is 0.264. The molecule has 1 atom stereocenters. The van der Waals surface area contributed by atoms with Crippen molar-refractivity contribution >= 4 is 17.7 Å². The molecule has 0 aliphatic carbocycles. The molecule has 0 spiro atoms. The van der Waals surface area contributed by atoms with Crippen molar-refractivity contribution in [1.29, 1.82) is 0 Å². The third kappa shape index (κ3) is 9.53. The molecule has 0 saturated carbocycles. The summed E-state index contributed by atoms with van der Waals surface area (Å²) < 4.78 is 10.8. The van der Waals surface area contributed by atoms with Crippen LogP contribution in [0.15, 0.2) is 54.6 Å². The van der Waals surface area contributed by atoms with E-state index >= 15 is 0 Å². The molecule has 0 fully saturated rings. The Bertz CT molecular complexity index is 842. The Morgan fingerprint density at radius 3 is 2.33 bits per heavy atom. The smallest absolute Gasteiger partial charge is 0.408 e. The van der Waals surface area contributed by atoms with Gasteiger partial charge in [0.25, 0.3) is 5.91 Å². The number of hydrogen-bond acceptors (Lipinski definition) is 5. The van der Waals surface area contributed by atoms with E-state index in [0.29, 0.717) is 12.3 Å². The highest BCUT2D eigenvalue weighted by Crippen LogP contribution is 2.18. The van der Waals surface area contributed by atoms with E-state index in [9.17, 15) is 14.7 Å². The number of aliphatic hydroxyl groups is 1. The molecule has 0 unspecified atom stereocenters. The third-order valence-corrected chi connectivity index (χ3v) is 5.26. The van der Waals surface area contributed by atoms with Gasteiger partial charge in [-0.25, -0.2) is 4.79 Å². The van der Waals surface area contributed by atoms with Crippen molar-refractivity contribution in [3.8, 4) is 5.75 Å². The highest BCUT2D eigenvalue weighted by atomic mass is 16.5. The Kier molecular flexibility index (Phi) is 11.2. The second-order valence-electron chi connectivity index (χ2n) is 8.23. The summed E-state index contributed by atoms with van der Waals surface area (Å²) in [6.07, 6.45) is 5.16. The Morgan fingerprint density at radius 1 is 0.939 bits per heavy atom. The number of carbonyl (C=O) groups is 2. The maximum atomic E-state index is 12.6. The molecule has 3 N–H and O–H groups in total. The SMILES string of the molecule is CCCCOC(=O)N[C@@](C)(CO)C(=O)Nc1ccc(OCCCCCc2ccccc2)cc1. The van der Waals surface area contributed by atoms with E-state index in [4.69, 9.17) is 9.47 Å². The summed E-state index contributed by atoms with van der Waals surface area (Å²) in [6.45, 7) is 3.76. The van der Waals surface area contributed by atoms with Gasteiger partial charge in [0, 0.05) is 5.69 Å². The van der Waals surface area contributed by atoms with Gasteiger partial charge in [-0.05, 0) is 68.9 Å². The molecule has 7 heteroatoms. The summed E-state index contributed by atoms with van der Waals surface area (Å²) >= 11 is 0. The predicted molar refractivity (Wildman–Crippen MR) is 129 cm³/mol. The van der Waals surface area contributed by atoms with Crippen LogP contribution in [0, 0.1) is 0 Å². The molecule has 0 aromatic heterocycles. The van der Waals surface area contributed by atoms with Gasteiger partial charge in [0.2, 0.25) is 0 Å². The number of hydrogen-bond donors (Lipinski definition) is 3. The Hall–Kier alpha value is -3.06. The molecule has 33 heavy (non-hydrogen) atoms. The predicted octanol–water partition coefficient (Wildman–Crippen LogP) is 4.69. The summed E-state index contributed by atoms with van der Waals surface area (Å²) in [5, 5.41) is 14.8. The van der Waals surface area contributed by atoms with Crippen LogP contribution in [0.3, 0.4) is 0 Å². The molecular formula is C26H36N2O5. The molecule has 180 valence electrons. The molecule has 0 aliphatic heterocycles. The lowest BCUT2D eigenvalue weighted by atomic mass is 10.0. The average Bonchev–Trinajstić information content (AvgIpc) is 2.83. The van der Waals surface area contributed by atoms with Crippen LogP contribution in [0.5, 0.6) is 5.75 Å². The zero-order valence-electron chi connectivity index (χ0n) is 19.6. The molecule has 2 amide bonds. The summed E-state index contributed by atoms with van der Waals surface area (Å²) in [4.78, 5) is 24.5. The van der Waals surface area contributed by atoms with E-state index in [1.165, 1.54) is 12.5 Å². The molecule has 0 radical (unpaired) electrons. The van der Waals surface area contributed by atoms with Crippen molar-refractivity contribution in [2.75, 3.05) is 25.1 Å². The lowest BCUT2D eigenvalue weighted by Crippen LogP contribution is -2.57. The first-order valence-corrected chi connectivity index (χ1v) is 11.6. The first kappa shape index (κ1) is 26.2. The van der Waals surface area contributed by atoms with E-state index in [1.54, 1.807) is 24.3 Å². The molecule has 2 aromatic rings. The highest BCUT2D eigenvalue weighted by molar-refractivity contribution is 5.99. The van der Waals surface area contributed by atoms with Gasteiger partial charge in [-0.1, -0.05) is 43.7 Å². The van der Waals surface area contributed by atoms with Crippen LogP contribution in [0.4, 0.5) is 10.5 Å². The number of carbonyl (C=O) groups excluding carboxylic acids is 2. The van der Waals surface area contributed by atoms with E-state index < -0.39 is 24.1 Å². The van der Waals surface area contributed by atoms with Crippen LogP contribution in [0.2, 0.25) is 0 Å². The number of unbranched alkanes of at least 4 members (excludes halogenated alkanes) is 3. The van der Waals surface area contributed by atoms with Crippen LogP contribution in [0.25, 0.3) is 0 Å². The number of ether oxygens (including phenoxy) is 2. The quantitative estimate of drug-likeness (QED) is 0.358. The van der Waals surface area contributed by atoms with E-state index in [0.717, 1.165) is 44.3 Å². The largest absolute Gasteiger partial charge is 0.494 e. The van der Waals surface area contributed by atoms with Gasteiger partial charge in [0.1, 0.15) is 11.3 Å². The fourth-order valence-corrected chi connectivity index (χ4v) is 3.08. The van der Waals surface area contributed by atoms with Gasteiger partial charge in [-0.2, -0.15) is 0 Å². The number of anilines is 1. The number of aliphatic hydroxyl groups excluding tert-OH is 1. The summed E-state index contributed by atoms with van der Waals surface area (Å²) in [6, 6.07) is 17.5. The number of aryl methyl sites for hydroxylation is 1. The van der Waals surface area contributed by atoms with Crippen LogP contribution < -0.4 is 15.4 Å². The van der Waals surface area contributed by atoms with Crippen molar-refractivity contribution in [3.05, 3.63) is 60.2 Å². The molecule has 0 bridgehead atoms. The zero-order valence-corrected chi connectivity index (χ0v) is 19.6. The van der Waals surface area contributed by atoms with Crippen molar-refractivity contribution < 1.29 is 24.2 Å². The maximum absolute atomic E-state index is 12.6. The third-order valence-electron chi connectivity index (χ3n) is 5.26. The van der Waals surface area contributed by atoms with Gasteiger partial charge in [0.05, 0.1) is 19.8 Å². The topological polar surface area (TPSA) is 96.9 Å². The summed E-state index contributed by atoms with van der Waals surface area (Å²) in [7, 11) is 0. The van der Waals surface area contributed by atoms with Crippen molar-refractivity contribution in [2.24, 2.45) is 0 Å². The molecule has 0 heterocycles. The molecular weight excluding hydrogens is 420 g/mol. The van der Waals surface area contributed by atoms with E-state index in [2.05, 4.69) is 34.9 Å². The summed E-state index contributed by atoms with van der Waals surface area (Å²) in [5.41, 5.74) is 0.395. The summed E-state index contributed by atoms with van der Waals surface area (Å²) in [5.74, 6) is 0.183. The van der Waals surface area contributed by atoms with Gasteiger partial charge in [0.15, 0.2) is 0 Å². The van der Waals surface area contributed by atoms with Crippen LogP contribution >= 0.6 is 0 Å². The Labute approximate surface area is 196 Å². The lowest BCUT2D eigenvalue weighted by Gasteiger charge is -2.27. The Balaban J connectivity index is 1.72. The van der Waals surface area contributed by atoms with Crippen molar-refractivity contribution in [1.82, 2.24) is 5.32 Å². The van der Waals surface area contributed by atoms with Crippen molar-refractivity contribution in [3.63, 3.8) is 0 Å². The highest BCUT2D eigenvalue weighted by Gasteiger charge is 2.35. The van der Waals surface area contributed by atoms with Crippen LogP contribution in [0.1, 0.15) is 51.5 Å². The molecule has 7 nitrogen and oxygen atoms in total. The maximum Gasteiger partial charge on any atom is 0.408 e. The minimum atomic E-state index is -1.50. The first-order chi connectivity index (χ1) is 16.0. The first-order valence-electron chi connectivity index (χ1n) is 11.6. The average molecular weight is 457 g/mol. The van der Waals surface area contributed by atoms with Crippen LogP contribution in [-0.4, -0.2) is 42.5 Å². The molecule has 0 saturated heterocycles. The van der Waals surface area contributed by atoms with E-state index in [1.807, 2.05) is 13.0 Å². The number of alkyl carbamates (subject to hydrolysis) is 1. The second kappa shape index (κ2) is 14.2. The zero-order chi connectivity index (χ0) is 23.9. The normalized spacial score (nSPS) is 12.5. The second-order valence-corrected chi connectivity index (χ2v) is 8.23. The monoisotopic (exact) mass is 456 g/mol. The number of amides is 2. The minimum Gasteiger partial charge on any atom is -0.494 e. The van der Waals surface area contributed by atoms with Crippen LogP contribution in [-0.2, 0) is 16.0 Å². The number of rotatable bonds is 14. The Morgan fingerprint density at radius 2 is 1.67 bits per heavy atom. The molecule has 2 rings (SSSR count). The standard InChI is InChI=1S/C26H36N2O5/c1-3-4-18-33-25(31)28-26(2,20-29)24(30)27-22-14-16-23(17-15-22)32-19-10-6-9-13-21-11-7-5-8-12-21/h5,7-8,11-12,14-17,29H,3-4,6,9-10,13,18-20H2,1-2H3,(H,27,30)(H,28,31)/t26-/m0/s1.